The minimum Gasteiger partial charge on any atom is -0.506 e. The van der Waals surface area contributed by atoms with E-state index in [9.17, 15) is 19.8 Å². The largest absolute Gasteiger partial charge is 0.506 e. The maximum absolute atomic E-state index is 12.1. The number of nitrogens with two attached hydrogens (primary N) is 1. The summed E-state index contributed by atoms with van der Waals surface area (Å²) in [5.41, 5.74) is 7.10. The normalized spacial score (nSPS) is 11.3. The van der Waals surface area contributed by atoms with Gasteiger partial charge in [-0.1, -0.05) is 41.4 Å². The lowest BCUT2D eigenvalue weighted by Crippen LogP contribution is -2.06. The fourth-order valence-electron chi connectivity index (χ4n) is 3.41. The molecule has 0 bridgehead atoms. The number of hydrogen-bond acceptors (Lipinski definition) is 5. The third kappa shape index (κ3) is 3.02. The first-order chi connectivity index (χ1) is 13.8. The fraction of sp³-hybridized carbons (Fsp3) is 0.0476. The second kappa shape index (κ2) is 7.08. The third-order valence-electron chi connectivity index (χ3n) is 4.72. The number of carboxylic acid groups (broad SMARTS) is 1. The Morgan fingerprint density at radius 3 is 2.48 bits per heavy atom. The summed E-state index contributed by atoms with van der Waals surface area (Å²) in [4.78, 5) is 23.9. The molecule has 2 aromatic rings. The van der Waals surface area contributed by atoms with Crippen molar-refractivity contribution < 1.29 is 19.4 Å². The van der Waals surface area contributed by atoms with Gasteiger partial charge in [0.25, 0.3) is 0 Å². The number of rotatable bonds is 3. The van der Waals surface area contributed by atoms with Crippen LogP contribution in [0.5, 0.6) is 5.75 Å². The fourth-order valence-corrected chi connectivity index (χ4v) is 3.80. The summed E-state index contributed by atoms with van der Waals surface area (Å²) in [6, 6.07) is 10.5. The van der Waals surface area contributed by atoms with E-state index in [1.807, 2.05) is 0 Å². The van der Waals surface area contributed by atoms with Crippen molar-refractivity contribution in [1.82, 2.24) is 0 Å². The summed E-state index contributed by atoms with van der Waals surface area (Å²) in [6.45, 7) is -0.0876. The van der Waals surface area contributed by atoms with E-state index in [2.05, 4.69) is 0 Å². The van der Waals surface area contributed by atoms with Crippen molar-refractivity contribution in [2.24, 2.45) is 5.73 Å². The number of phenols is 1. The van der Waals surface area contributed by atoms with E-state index >= 15 is 0 Å². The van der Waals surface area contributed by atoms with Gasteiger partial charge in [0.1, 0.15) is 17.1 Å². The Balaban J connectivity index is 2.31. The van der Waals surface area contributed by atoms with Gasteiger partial charge >= 0.3 is 5.97 Å². The molecule has 0 saturated heterocycles. The number of fused-ring (bicyclic) bond motifs is 2. The van der Waals surface area contributed by atoms with Crippen LogP contribution in [0.3, 0.4) is 0 Å². The predicted molar refractivity (Wildman–Crippen MR) is 111 cm³/mol. The van der Waals surface area contributed by atoms with Gasteiger partial charge in [0.05, 0.1) is 21.2 Å². The minimum atomic E-state index is -1.13. The molecule has 4 N–H and O–H groups in total. The van der Waals surface area contributed by atoms with Crippen LogP contribution in [-0.2, 0) is 6.54 Å². The third-order valence-corrected chi connectivity index (χ3v) is 5.30. The van der Waals surface area contributed by atoms with Crippen molar-refractivity contribution in [3.63, 3.8) is 0 Å². The highest BCUT2D eigenvalue weighted by Crippen LogP contribution is 2.46. The molecule has 1 heterocycles. The summed E-state index contributed by atoms with van der Waals surface area (Å²) in [5.74, 6) is -1.18. The van der Waals surface area contributed by atoms with E-state index in [-0.39, 0.29) is 44.8 Å². The van der Waals surface area contributed by atoms with Crippen LogP contribution in [0.25, 0.3) is 33.4 Å². The Labute approximate surface area is 174 Å². The second-order valence-corrected chi connectivity index (χ2v) is 7.19. The average molecular weight is 430 g/mol. The zero-order valence-electron chi connectivity index (χ0n) is 14.7. The smallest absolute Gasteiger partial charge is 0.336 e. The van der Waals surface area contributed by atoms with Crippen LogP contribution < -0.4 is 11.2 Å². The average Bonchev–Trinajstić information content (AvgIpc) is 2.69. The first-order valence-electron chi connectivity index (χ1n) is 8.46. The standard InChI is InChI=1S/C21H13Cl2NO5/c22-14-5-11-17(7-16(14)25)29-20-12(6-15(23)19(26)13(20)8-24)18(11)9-3-1-2-4-10(9)21(27)28/h1-7,26H,8,24H2,(H,27,28). The molecule has 0 spiro atoms. The van der Waals surface area contributed by atoms with E-state index < -0.39 is 11.4 Å². The highest BCUT2D eigenvalue weighted by Gasteiger charge is 2.25. The molecule has 29 heavy (non-hydrogen) atoms. The van der Waals surface area contributed by atoms with Gasteiger partial charge in [-0.15, -0.1) is 0 Å². The molecule has 146 valence electrons. The van der Waals surface area contributed by atoms with Gasteiger partial charge in [0, 0.05) is 29.1 Å². The van der Waals surface area contributed by atoms with Crippen LogP contribution in [0.15, 0.2) is 51.7 Å². The van der Waals surface area contributed by atoms with Crippen LogP contribution in [0, 0.1) is 0 Å². The first kappa shape index (κ1) is 19.3. The highest BCUT2D eigenvalue weighted by atomic mass is 35.5. The Morgan fingerprint density at radius 1 is 1.07 bits per heavy atom. The van der Waals surface area contributed by atoms with Crippen molar-refractivity contribution in [3.8, 4) is 28.2 Å². The number of halogens is 2. The topological polar surface area (TPSA) is 114 Å². The summed E-state index contributed by atoms with van der Waals surface area (Å²) >= 11 is 12.3. The summed E-state index contributed by atoms with van der Waals surface area (Å²) in [5, 5.41) is 20.4. The number of carbonyl (C=O) groups is 1. The first-order valence-corrected chi connectivity index (χ1v) is 9.22. The zero-order valence-corrected chi connectivity index (χ0v) is 16.2. The molecule has 0 atom stereocenters. The number of phenolic OH excluding ortho intramolecular Hbond substituents is 1. The van der Waals surface area contributed by atoms with E-state index in [4.69, 9.17) is 33.4 Å². The van der Waals surface area contributed by atoms with Crippen LogP contribution in [0.1, 0.15) is 15.9 Å². The van der Waals surface area contributed by atoms with Gasteiger partial charge in [-0.05, 0) is 23.8 Å². The molecule has 0 amide bonds. The molecular formula is C21H13Cl2NO5. The molecule has 4 rings (SSSR count). The van der Waals surface area contributed by atoms with Gasteiger partial charge in [-0.25, -0.2) is 4.79 Å². The SMILES string of the molecule is NCc1c(O)c(Cl)cc2c(-c3ccccc3C(=O)O)c3cc(Cl)c(=O)cc-3oc12. The second-order valence-electron chi connectivity index (χ2n) is 6.37. The number of aromatic hydroxyl groups is 1. The number of carboxylic acids is 1. The van der Waals surface area contributed by atoms with E-state index in [1.165, 1.54) is 24.3 Å². The molecule has 0 aromatic heterocycles. The van der Waals surface area contributed by atoms with Crippen molar-refractivity contribution in [2.75, 3.05) is 0 Å². The van der Waals surface area contributed by atoms with Crippen LogP contribution >= 0.6 is 23.2 Å². The maximum atomic E-state index is 12.1. The van der Waals surface area contributed by atoms with E-state index in [1.54, 1.807) is 18.2 Å². The summed E-state index contributed by atoms with van der Waals surface area (Å²) < 4.78 is 5.90. The number of benzene rings is 3. The molecule has 1 aliphatic heterocycles. The molecule has 2 aromatic carbocycles. The van der Waals surface area contributed by atoms with Gasteiger partial charge in [-0.3, -0.25) is 4.79 Å². The molecular weight excluding hydrogens is 417 g/mol. The molecule has 8 heteroatoms. The Hall–Kier alpha value is -3.06. The van der Waals surface area contributed by atoms with Crippen LogP contribution in [-0.4, -0.2) is 16.2 Å². The Bertz CT molecular complexity index is 1330. The molecule has 6 nitrogen and oxygen atoms in total. The molecule has 0 radical (unpaired) electrons. The maximum Gasteiger partial charge on any atom is 0.336 e. The van der Waals surface area contributed by atoms with E-state index in [0.29, 0.717) is 22.1 Å². The van der Waals surface area contributed by atoms with Crippen molar-refractivity contribution >= 4 is 40.1 Å². The highest BCUT2D eigenvalue weighted by molar-refractivity contribution is 6.33. The minimum absolute atomic E-state index is 0.0353. The van der Waals surface area contributed by atoms with Gasteiger partial charge in [0.2, 0.25) is 5.43 Å². The number of hydrogen-bond donors (Lipinski definition) is 3. The van der Waals surface area contributed by atoms with Crippen molar-refractivity contribution in [2.45, 2.75) is 6.54 Å². The van der Waals surface area contributed by atoms with Crippen molar-refractivity contribution in [3.05, 3.63) is 73.9 Å². The van der Waals surface area contributed by atoms with Gasteiger partial charge in [-0.2, -0.15) is 0 Å². The van der Waals surface area contributed by atoms with Crippen molar-refractivity contribution in [1.29, 1.82) is 0 Å². The Kier molecular flexibility index (Phi) is 4.70. The zero-order chi connectivity index (χ0) is 20.9. The number of aromatic carboxylic acids is 1. The lowest BCUT2D eigenvalue weighted by atomic mass is 9.90. The molecule has 2 aliphatic rings. The van der Waals surface area contributed by atoms with Crippen LogP contribution in [0.2, 0.25) is 10.0 Å². The lowest BCUT2D eigenvalue weighted by molar-refractivity contribution is 0.0697. The molecule has 0 unspecified atom stereocenters. The molecule has 1 aliphatic carbocycles. The van der Waals surface area contributed by atoms with E-state index in [0.717, 1.165) is 0 Å². The summed E-state index contributed by atoms with van der Waals surface area (Å²) in [7, 11) is 0. The van der Waals surface area contributed by atoms with Gasteiger partial charge in [0.15, 0.2) is 0 Å². The van der Waals surface area contributed by atoms with Crippen LogP contribution in [0.4, 0.5) is 0 Å². The molecule has 0 fully saturated rings. The lowest BCUT2D eigenvalue weighted by Gasteiger charge is -2.19. The van der Waals surface area contributed by atoms with Gasteiger partial charge < -0.3 is 20.4 Å². The quantitative estimate of drug-likeness (QED) is 0.405. The summed E-state index contributed by atoms with van der Waals surface area (Å²) in [6.07, 6.45) is 0. The Morgan fingerprint density at radius 2 is 1.79 bits per heavy atom. The molecule has 0 saturated carbocycles. The monoisotopic (exact) mass is 429 g/mol. The predicted octanol–water partition coefficient (Wildman–Crippen LogP) is 4.73.